The van der Waals surface area contributed by atoms with Crippen LogP contribution in [-0.4, -0.2) is 74.9 Å². The number of methoxy groups -OCH3 is 1. The van der Waals surface area contributed by atoms with Gasteiger partial charge in [-0.3, -0.25) is 9.80 Å². The molecule has 0 spiro atoms. The van der Waals surface area contributed by atoms with Gasteiger partial charge in [0, 0.05) is 51.9 Å². The average Bonchev–Trinajstić information content (AvgIpc) is 2.98. The SMILES string of the molecule is CCNCC(COC)N1CCN(C2CCCC2)CC1. The summed E-state index contributed by atoms with van der Waals surface area (Å²) in [5.74, 6) is 0. The lowest BCUT2D eigenvalue weighted by Gasteiger charge is -2.41. The fraction of sp³-hybridized carbons (Fsp3) is 1.00. The molecule has 4 nitrogen and oxygen atoms in total. The largest absolute Gasteiger partial charge is 0.383 e. The van der Waals surface area contributed by atoms with Gasteiger partial charge >= 0.3 is 0 Å². The molecule has 0 aromatic carbocycles. The molecule has 2 fully saturated rings. The van der Waals surface area contributed by atoms with Gasteiger partial charge in [0.15, 0.2) is 0 Å². The zero-order valence-electron chi connectivity index (χ0n) is 12.7. The Kier molecular flexibility index (Phi) is 6.57. The smallest absolute Gasteiger partial charge is 0.0630 e. The molecular formula is C15H31N3O. The molecule has 1 aliphatic carbocycles. The fourth-order valence-electron chi connectivity index (χ4n) is 3.53. The van der Waals surface area contributed by atoms with E-state index >= 15 is 0 Å². The Morgan fingerprint density at radius 2 is 1.84 bits per heavy atom. The predicted molar refractivity (Wildman–Crippen MR) is 79.6 cm³/mol. The van der Waals surface area contributed by atoms with Gasteiger partial charge in [-0.1, -0.05) is 19.8 Å². The van der Waals surface area contributed by atoms with Gasteiger partial charge in [0.2, 0.25) is 0 Å². The minimum absolute atomic E-state index is 0.538. The Morgan fingerprint density at radius 3 is 2.42 bits per heavy atom. The summed E-state index contributed by atoms with van der Waals surface area (Å²) in [6.45, 7) is 10.0. The van der Waals surface area contributed by atoms with Crippen LogP contribution < -0.4 is 5.32 Å². The molecule has 0 bridgehead atoms. The third-order valence-electron chi connectivity index (χ3n) is 4.70. The quantitative estimate of drug-likeness (QED) is 0.751. The van der Waals surface area contributed by atoms with Gasteiger partial charge in [0.1, 0.15) is 0 Å². The highest BCUT2D eigenvalue weighted by Gasteiger charge is 2.28. The lowest BCUT2D eigenvalue weighted by Crippen LogP contribution is -2.55. The van der Waals surface area contributed by atoms with Crippen LogP contribution in [-0.2, 0) is 4.74 Å². The van der Waals surface area contributed by atoms with E-state index in [9.17, 15) is 0 Å². The molecular weight excluding hydrogens is 238 g/mol. The molecule has 0 aromatic heterocycles. The molecule has 1 atom stereocenters. The van der Waals surface area contributed by atoms with Crippen molar-refractivity contribution in [2.75, 3.05) is 53.0 Å². The highest BCUT2D eigenvalue weighted by atomic mass is 16.5. The molecule has 1 heterocycles. The molecule has 1 saturated carbocycles. The van der Waals surface area contributed by atoms with Crippen LogP contribution in [0.2, 0.25) is 0 Å². The maximum atomic E-state index is 5.39. The summed E-state index contributed by atoms with van der Waals surface area (Å²) in [6.07, 6.45) is 5.74. The second-order valence-electron chi connectivity index (χ2n) is 5.93. The number of nitrogens with zero attached hydrogens (tertiary/aromatic N) is 2. The zero-order chi connectivity index (χ0) is 13.5. The van der Waals surface area contributed by atoms with Crippen molar-refractivity contribution in [1.82, 2.24) is 15.1 Å². The topological polar surface area (TPSA) is 27.7 Å². The first-order valence-electron chi connectivity index (χ1n) is 8.03. The molecule has 1 unspecified atom stereocenters. The Hall–Kier alpha value is -0.160. The third kappa shape index (κ3) is 4.42. The van der Waals surface area contributed by atoms with Crippen LogP contribution in [0.4, 0.5) is 0 Å². The Balaban J connectivity index is 1.76. The standard InChI is InChI=1S/C15H31N3O/c1-3-16-12-15(13-19-2)18-10-8-17(9-11-18)14-6-4-5-7-14/h14-16H,3-13H2,1-2H3. The van der Waals surface area contributed by atoms with Gasteiger partial charge < -0.3 is 10.1 Å². The van der Waals surface area contributed by atoms with Gasteiger partial charge in [0.25, 0.3) is 0 Å². The molecule has 0 radical (unpaired) electrons. The van der Waals surface area contributed by atoms with Crippen LogP contribution in [0.5, 0.6) is 0 Å². The first kappa shape index (κ1) is 15.2. The summed E-state index contributed by atoms with van der Waals surface area (Å²) in [5.41, 5.74) is 0. The Labute approximate surface area is 118 Å². The zero-order valence-corrected chi connectivity index (χ0v) is 12.7. The normalized spacial score (nSPS) is 24.9. The molecule has 4 heteroatoms. The first-order valence-corrected chi connectivity index (χ1v) is 8.03. The number of hydrogen-bond acceptors (Lipinski definition) is 4. The third-order valence-corrected chi connectivity index (χ3v) is 4.70. The summed E-state index contributed by atoms with van der Waals surface area (Å²) in [7, 11) is 1.81. The van der Waals surface area contributed by atoms with Crippen LogP contribution in [0.15, 0.2) is 0 Å². The van der Waals surface area contributed by atoms with E-state index in [1.807, 2.05) is 7.11 Å². The van der Waals surface area contributed by atoms with Crippen molar-refractivity contribution < 1.29 is 4.74 Å². The van der Waals surface area contributed by atoms with Gasteiger partial charge in [-0.15, -0.1) is 0 Å². The lowest BCUT2D eigenvalue weighted by atomic mass is 10.1. The van der Waals surface area contributed by atoms with E-state index in [-0.39, 0.29) is 0 Å². The molecule has 19 heavy (non-hydrogen) atoms. The molecule has 0 amide bonds. The number of rotatable bonds is 7. The monoisotopic (exact) mass is 269 g/mol. The fourth-order valence-corrected chi connectivity index (χ4v) is 3.53. The minimum Gasteiger partial charge on any atom is -0.383 e. The minimum atomic E-state index is 0.538. The van der Waals surface area contributed by atoms with Crippen molar-refractivity contribution >= 4 is 0 Å². The highest BCUT2D eigenvalue weighted by Crippen LogP contribution is 2.24. The number of nitrogens with one attached hydrogen (secondary N) is 1. The molecule has 112 valence electrons. The second-order valence-corrected chi connectivity index (χ2v) is 5.93. The van der Waals surface area contributed by atoms with Crippen LogP contribution in [0.3, 0.4) is 0 Å². The lowest BCUT2D eigenvalue weighted by molar-refractivity contribution is 0.0365. The highest BCUT2D eigenvalue weighted by molar-refractivity contribution is 4.85. The van der Waals surface area contributed by atoms with Crippen LogP contribution >= 0.6 is 0 Å². The average molecular weight is 269 g/mol. The van der Waals surface area contributed by atoms with Crippen molar-refractivity contribution in [3.63, 3.8) is 0 Å². The van der Waals surface area contributed by atoms with E-state index in [4.69, 9.17) is 4.74 Å². The summed E-state index contributed by atoms with van der Waals surface area (Å²) < 4.78 is 5.39. The second kappa shape index (κ2) is 8.20. The van der Waals surface area contributed by atoms with E-state index in [1.54, 1.807) is 0 Å². The number of hydrogen-bond donors (Lipinski definition) is 1. The van der Waals surface area contributed by atoms with Crippen molar-refractivity contribution in [3.8, 4) is 0 Å². The van der Waals surface area contributed by atoms with Crippen LogP contribution in [0.25, 0.3) is 0 Å². The molecule has 0 aromatic rings. The first-order chi connectivity index (χ1) is 9.35. The molecule has 1 aliphatic heterocycles. The van der Waals surface area contributed by atoms with Crippen molar-refractivity contribution in [3.05, 3.63) is 0 Å². The van der Waals surface area contributed by atoms with E-state index in [2.05, 4.69) is 22.0 Å². The van der Waals surface area contributed by atoms with Crippen molar-refractivity contribution in [1.29, 1.82) is 0 Å². The summed E-state index contributed by atoms with van der Waals surface area (Å²) in [6, 6.07) is 1.42. The van der Waals surface area contributed by atoms with Gasteiger partial charge in [0.05, 0.1) is 6.61 Å². The van der Waals surface area contributed by atoms with Crippen LogP contribution in [0, 0.1) is 0 Å². The molecule has 2 rings (SSSR count). The predicted octanol–water partition coefficient (Wildman–Crippen LogP) is 1.17. The van der Waals surface area contributed by atoms with Gasteiger partial charge in [-0.05, 0) is 19.4 Å². The van der Waals surface area contributed by atoms with E-state index in [1.165, 1.54) is 51.9 Å². The number of likely N-dealkylation sites (N-methyl/N-ethyl adjacent to an activating group) is 1. The van der Waals surface area contributed by atoms with E-state index < -0.39 is 0 Å². The van der Waals surface area contributed by atoms with Gasteiger partial charge in [-0.2, -0.15) is 0 Å². The summed E-state index contributed by atoms with van der Waals surface area (Å²) in [5, 5.41) is 3.46. The number of ether oxygens (including phenoxy) is 1. The molecule has 2 aliphatic rings. The summed E-state index contributed by atoms with van der Waals surface area (Å²) in [4.78, 5) is 5.33. The molecule has 1 saturated heterocycles. The van der Waals surface area contributed by atoms with Crippen molar-refractivity contribution in [2.45, 2.75) is 44.7 Å². The molecule has 1 N–H and O–H groups in total. The van der Waals surface area contributed by atoms with Crippen LogP contribution in [0.1, 0.15) is 32.6 Å². The van der Waals surface area contributed by atoms with E-state index in [0.717, 1.165) is 25.7 Å². The van der Waals surface area contributed by atoms with Crippen molar-refractivity contribution in [2.24, 2.45) is 0 Å². The number of piperazine rings is 1. The maximum Gasteiger partial charge on any atom is 0.0630 e. The van der Waals surface area contributed by atoms with Gasteiger partial charge in [-0.25, -0.2) is 0 Å². The Morgan fingerprint density at radius 1 is 1.16 bits per heavy atom. The Bertz CT molecular complexity index is 236. The summed E-state index contributed by atoms with van der Waals surface area (Å²) >= 11 is 0. The van der Waals surface area contributed by atoms with E-state index in [0.29, 0.717) is 6.04 Å². The maximum absolute atomic E-state index is 5.39.